The van der Waals surface area contributed by atoms with E-state index < -0.39 is 29.6 Å². The average molecular weight is 591 g/mol. The van der Waals surface area contributed by atoms with Crippen LogP contribution in [0.5, 0.6) is 0 Å². The lowest BCUT2D eigenvalue weighted by Gasteiger charge is -2.42. The van der Waals surface area contributed by atoms with Gasteiger partial charge in [-0.2, -0.15) is 0 Å². The van der Waals surface area contributed by atoms with Crippen LogP contribution in [0, 0.1) is 6.92 Å². The summed E-state index contributed by atoms with van der Waals surface area (Å²) < 4.78 is 15.2. The average Bonchev–Trinajstić information content (AvgIpc) is 3.31. The van der Waals surface area contributed by atoms with Crippen molar-refractivity contribution in [2.24, 2.45) is 0 Å². The minimum atomic E-state index is -1.47. The minimum Gasteiger partial charge on any atom is -0.348 e. The molecule has 0 saturated carbocycles. The van der Waals surface area contributed by atoms with Crippen molar-refractivity contribution >= 4 is 34.8 Å². The topological polar surface area (TPSA) is 124 Å². The molecule has 226 valence electrons. The molecule has 1 N–H and O–H groups in total. The van der Waals surface area contributed by atoms with E-state index in [1.54, 1.807) is 4.90 Å². The molecule has 2 aromatic heterocycles. The van der Waals surface area contributed by atoms with Gasteiger partial charge >= 0.3 is 6.03 Å². The molecule has 4 amide bonds. The summed E-state index contributed by atoms with van der Waals surface area (Å²) in [6.45, 7) is 7.53. The van der Waals surface area contributed by atoms with Crippen molar-refractivity contribution in [1.29, 1.82) is 0 Å². The number of nitrogens with zero attached hydrogens (tertiary/aromatic N) is 7. The van der Waals surface area contributed by atoms with E-state index in [2.05, 4.69) is 20.2 Å². The number of nitrogens with one attached hydrogen (secondary N) is 1. The normalized spacial score (nSPS) is 18.1. The molecule has 3 aliphatic heterocycles. The van der Waals surface area contributed by atoms with Crippen molar-refractivity contribution in [3.05, 3.63) is 63.6 Å². The lowest BCUT2D eigenvalue weighted by Crippen LogP contribution is -2.60. The number of pyridine rings is 1. The van der Waals surface area contributed by atoms with Gasteiger partial charge in [-0.3, -0.25) is 23.9 Å². The van der Waals surface area contributed by atoms with Gasteiger partial charge in [-0.1, -0.05) is 29.8 Å². The molecule has 12 nitrogen and oxygen atoms in total. The van der Waals surface area contributed by atoms with E-state index in [4.69, 9.17) is 0 Å². The molecule has 3 fully saturated rings. The van der Waals surface area contributed by atoms with Gasteiger partial charge in [0.1, 0.15) is 23.3 Å². The van der Waals surface area contributed by atoms with Crippen LogP contribution in [0.1, 0.15) is 34.8 Å². The molecular weight excluding hydrogens is 555 g/mol. The smallest absolute Gasteiger partial charge is 0.325 e. The Balaban J connectivity index is 1.28. The Morgan fingerprint density at radius 3 is 2.47 bits per heavy atom. The number of benzene rings is 1. The quantitative estimate of drug-likeness (QED) is 0.401. The Bertz CT molecular complexity index is 1630. The molecule has 3 aromatic rings. The van der Waals surface area contributed by atoms with Crippen molar-refractivity contribution in [3.8, 4) is 0 Å². The summed E-state index contributed by atoms with van der Waals surface area (Å²) in [5.41, 5.74) is -0.157. The minimum absolute atomic E-state index is 0.0730. The van der Waals surface area contributed by atoms with E-state index in [1.165, 1.54) is 35.4 Å². The van der Waals surface area contributed by atoms with Gasteiger partial charge in [-0.25, -0.2) is 19.2 Å². The van der Waals surface area contributed by atoms with Crippen LogP contribution >= 0.6 is 0 Å². The number of rotatable bonds is 9. The van der Waals surface area contributed by atoms with Crippen LogP contribution < -0.4 is 15.8 Å². The second-order valence-electron chi connectivity index (χ2n) is 11.8. The molecule has 1 aromatic carbocycles. The molecule has 43 heavy (non-hydrogen) atoms. The molecule has 0 atom stereocenters. The highest BCUT2D eigenvalue weighted by Crippen LogP contribution is 2.25. The van der Waals surface area contributed by atoms with Crippen molar-refractivity contribution in [2.75, 3.05) is 57.3 Å². The standard InChI is InChI=1S/C30H35FN8O4/c1-20-4-6-21(7-5-20)15-33-27(41)22-14-23-26(39(28(22)42)17-25(40)37-18-30(2,31)19-37)32-16-24(34-23)38-13-12-36(29(38)43)11-10-35-8-3-9-35/h4-7,14,16H,3,8-13,15,17-19H2,1-2H3,(H,33,41). The number of carbonyl (C=O) groups is 3. The molecule has 5 heterocycles. The predicted molar refractivity (Wildman–Crippen MR) is 158 cm³/mol. The summed E-state index contributed by atoms with van der Waals surface area (Å²) in [5, 5.41) is 2.77. The number of aryl methyl sites for hydroxylation is 1. The first-order valence-electron chi connectivity index (χ1n) is 14.6. The van der Waals surface area contributed by atoms with Crippen LogP contribution in [0.25, 0.3) is 11.2 Å². The van der Waals surface area contributed by atoms with Crippen molar-refractivity contribution < 1.29 is 18.8 Å². The SMILES string of the molecule is Cc1ccc(CNC(=O)c2cc3nc(N4CCN(CCN5CCC5)C4=O)cnc3n(CC(=O)N3CC(C)(F)C3)c2=O)cc1. The van der Waals surface area contributed by atoms with E-state index in [9.17, 15) is 23.6 Å². The van der Waals surface area contributed by atoms with Crippen LogP contribution in [0.3, 0.4) is 0 Å². The Kier molecular flexibility index (Phi) is 7.59. The van der Waals surface area contributed by atoms with Crippen LogP contribution in [-0.2, 0) is 17.9 Å². The molecule has 6 rings (SSSR count). The molecule has 0 aliphatic carbocycles. The lowest BCUT2D eigenvalue weighted by atomic mass is 9.99. The van der Waals surface area contributed by atoms with E-state index in [-0.39, 0.29) is 42.4 Å². The number of alkyl halides is 1. The molecular formula is C30H35FN8O4. The molecule has 0 spiro atoms. The van der Waals surface area contributed by atoms with Gasteiger partial charge in [0.2, 0.25) is 5.91 Å². The van der Waals surface area contributed by atoms with E-state index in [0.717, 1.165) is 35.3 Å². The molecule has 3 aliphatic rings. The molecule has 0 radical (unpaired) electrons. The fourth-order valence-corrected chi connectivity index (χ4v) is 5.59. The zero-order valence-electron chi connectivity index (χ0n) is 24.4. The molecule has 13 heteroatoms. The monoisotopic (exact) mass is 590 g/mol. The largest absolute Gasteiger partial charge is 0.348 e. The number of likely N-dealkylation sites (tertiary alicyclic amines) is 2. The third kappa shape index (κ3) is 5.94. The third-order valence-electron chi connectivity index (χ3n) is 8.29. The van der Waals surface area contributed by atoms with Gasteiger partial charge in [0.15, 0.2) is 11.5 Å². The van der Waals surface area contributed by atoms with Gasteiger partial charge in [0.25, 0.3) is 11.5 Å². The fraction of sp³-hybridized carbons (Fsp3) is 0.467. The second-order valence-corrected chi connectivity index (χ2v) is 11.8. The Hall–Kier alpha value is -4.39. The number of hydrogen-bond donors (Lipinski definition) is 1. The maximum absolute atomic E-state index is 14.1. The van der Waals surface area contributed by atoms with Crippen molar-refractivity contribution in [1.82, 2.24) is 34.6 Å². The number of amides is 4. The van der Waals surface area contributed by atoms with Gasteiger partial charge in [-0.15, -0.1) is 0 Å². The van der Waals surface area contributed by atoms with Crippen molar-refractivity contribution in [3.63, 3.8) is 0 Å². The number of aromatic nitrogens is 3. The van der Waals surface area contributed by atoms with E-state index in [1.807, 2.05) is 31.2 Å². The number of urea groups is 1. The fourth-order valence-electron chi connectivity index (χ4n) is 5.59. The summed E-state index contributed by atoms with van der Waals surface area (Å²) in [5.74, 6) is -0.799. The Morgan fingerprint density at radius 1 is 1.05 bits per heavy atom. The highest BCUT2D eigenvalue weighted by atomic mass is 19.1. The number of carbonyl (C=O) groups excluding carboxylic acids is 3. The van der Waals surface area contributed by atoms with E-state index >= 15 is 0 Å². The van der Waals surface area contributed by atoms with Crippen molar-refractivity contribution in [2.45, 2.75) is 39.0 Å². The summed E-state index contributed by atoms with van der Waals surface area (Å²) in [6.07, 6.45) is 2.58. The first kappa shape index (κ1) is 28.7. The lowest BCUT2D eigenvalue weighted by molar-refractivity contribution is -0.144. The predicted octanol–water partition coefficient (Wildman–Crippen LogP) is 1.55. The number of anilines is 1. The highest BCUT2D eigenvalue weighted by Gasteiger charge is 2.41. The Labute approximate surface area is 248 Å². The zero-order chi connectivity index (χ0) is 30.3. The van der Waals surface area contributed by atoms with E-state index in [0.29, 0.717) is 25.5 Å². The van der Waals surface area contributed by atoms with Crippen LogP contribution in [-0.4, -0.2) is 105 Å². The molecule has 0 bridgehead atoms. The van der Waals surface area contributed by atoms with Gasteiger partial charge in [0.05, 0.1) is 19.3 Å². The second kappa shape index (κ2) is 11.4. The molecule has 3 saturated heterocycles. The van der Waals surface area contributed by atoms with Crippen LogP contribution in [0.2, 0.25) is 0 Å². The summed E-state index contributed by atoms with van der Waals surface area (Å²) in [4.78, 5) is 69.0. The maximum atomic E-state index is 14.1. The first-order valence-corrected chi connectivity index (χ1v) is 14.6. The summed E-state index contributed by atoms with van der Waals surface area (Å²) >= 11 is 0. The zero-order valence-corrected chi connectivity index (χ0v) is 24.4. The summed E-state index contributed by atoms with van der Waals surface area (Å²) in [7, 11) is 0. The highest BCUT2D eigenvalue weighted by molar-refractivity contribution is 5.97. The van der Waals surface area contributed by atoms with Crippen LogP contribution in [0.15, 0.2) is 41.3 Å². The number of fused-ring (bicyclic) bond motifs is 1. The van der Waals surface area contributed by atoms with Gasteiger partial charge in [0, 0.05) is 32.7 Å². The number of halogens is 1. The van der Waals surface area contributed by atoms with Gasteiger partial charge in [-0.05, 0) is 45.0 Å². The maximum Gasteiger partial charge on any atom is 0.325 e. The Morgan fingerprint density at radius 2 is 1.79 bits per heavy atom. The number of hydrogen-bond acceptors (Lipinski definition) is 7. The third-order valence-corrected chi connectivity index (χ3v) is 8.29. The van der Waals surface area contributed by atoms with Gasteiger partial charge < -0.3 is 20.0 Å². The summed E-state index contributed by atoms with van der Waals surface area (Å²) in [6, 6.07) is 8.80. The first-order chi connectivity index (χ1) is 20.6. The van der Waals surface area contributed by atoms with Crippen LogP contribution in [0.4, 0.5) is 15.0 Å². The molecule has 0 unspecified atom stereocenters.